The predicted molar refractivity (Wildman–Crippen MR) is 60.3 cm³/mol. The highest BCUT2D eigenvalue weighted by atomic mass is 14.9. The normalized spacial score (nSPS) is 27.6. The van der Waals surface area contributed by atoms with Crippen molar-refractivity contribution >= 4 is 0 Å². The molecule has 1 aliphatic rings. The largest absolute Gasteiger partial charge is 0.310 e. The SMILES string of the molecule is Cc1ccc(C2CCC(C)CN2)cc1. The summed E-state index contributed by atoms with van der Waals surface area (Å²) in [7, 11) is 0. The minimum absolute atomic E-state index is 0.590. The fourth-order valence-electron chi connectivity index (χ4n) is 2.08. The maximum Gasteiger partial charge on any atom is 0.0320 e. The van der Waals surface area contributed by atoms with Gasteiger partial charge in [0.15, 0.2) is 0 Å². The Kier molecular flexibility index (Phi) is 2.87. The molecule has 1 aliphatic heterocycles. The maximum atomic E-state index is 3.60. The van der Waals surface area contributed by atoms with Gasteiger partial charge in [0.1, 0.15) is 0 Å². The van der Waals surface area contributed by atoms with Gasteiger partial charge < -0.3 is 5.32 Å². The monoisotopic (exact) mass is 189 g/mol. The summed E-state index contributed by atoms with van der Waals surface area (Å²) in [5.41, 5.74) is 2.79. The average Bonchev–Trinajstić information content (AvgIpc) is 2.21. The van der Waals surface area contributed by atoms with E-state index in [9.17, 15) is 0 Å². The van der Waals surface area contributed by atoms with Gasteiger partial charge in [0.2, 0.25) is 0 Å². The zero-order valence-electron chi connectivity index (χ0n) is 9.09. The van der Waals surface area contributed by atoms with Crippen molar-refractivity contribution in [2.24, 2.45) is 5.92 Å². The summed E-state index contributed by atoms with van der Waals surface area (Å²) in [5.74, 6) is 0.844. The summed E-state index contributed by atoms with van der Waals surface area (Å²) in [6.45, 7) is 5.62. The molecule has 14 heavy (non-hydrogen) atoms. The predicted octanol–water partition coefficient (Wildman–Crippen LogP) is 3.06. The molecule has 1 aromatic carbocycles. The lowest BCUT2D eigenvalue weighted by Gasteiger charge is -2.28. The first-order valence-corrected chi connectivity index (χ1v) is 5.55. The van der Waals surface area contributed by atoms with Gasteiger partial charge in [0.25, 0.3) is 0 Å². The first kappa shape index (κ1) is 9.72. The van der Waals surface area contributed by atoms with E-state index in [0.29, 0.717) is 6.04 Å². The van der Waals surface area contributed by atoms with E-state index in [4.69, 9.17) is 0 Å². The standard InChI is InChI=1S/C13H19N/c1-10-3-6-12(7-4-10)13-8-5-11(2)9-14-13/h3-4,6-7,11,13-14H,5,8-9H2,1-2H3. The number of benzene rings is 1. The molecule has 1 heterocycles. The summed E-state index contributed by atoms with van der Waals surface area (Å²) in [4.78, 5) is 0. The maximum absolute atomic E-state index is 3.60. The van der Waals surface area contributed by atoms with E-state index in [1.165, 1.54) is 30.5 Å². The molecule has 0 saturated carbocycles. The molecule has 2 atom stereocenters. The van der Waals surface area contributed by atoms with Crippen LogP contribution in [0, 0.1) is 12.8 Å². The number of nitrogens with one attached hydrogen (secondary N) is 1. The zero-order valence-corrected chi connectivity index (χ0v) is 9.09. The van der Waals surface area contributed by atoms with Crippen LogP contribution in [0.3, 0.4) is 0 Å². The summed E-state index contributed by atoms with van der Waals surface area (Å²) in [6, 6.07) is 9.50. The van der Waals surface area contributed by atoms with Crippen LogP contribution in [-0.2, 0) is 0 Å². The lowest BCUT2D eigenvalue weighted by atomic mass is 9.92. The third-order valence-electron chi connectivity index (χ3n) is 3.14. The summed E-state index contributed by atoms with van der Waals surface area (Å²) >= 11 is 0. The Labute approximate surface area is 86.5 Å². The molecule has 1 N–H and O–H groups in total. The van der Waals surface area contributed by atoms with Gasteiger partial charge in [0.05, 0.1) is 0 Å². The molecule has 0 bridgehead atoms. The molecule has 1 aromatic rings. The minimum Gasteiger partial charge on any atom is -0.310 e. The molecule has 0 aromatic heterocycles. The van der Waals surface area contributed by atoms with Gasteiger partial charge in [-0.3, -0.25) is 0 Å². The van der Waals surface area contributed by atoms with Gasteiger partial charge in [-0.05, 0) is 37.8 Å². The Morgan fingerprint density at radius 2 is 1.86 bits per heavy atom. The Bertz CT molecular complexity index is 281. The first-order valence-electron chi connectivity index (χ1n) is 5.55. The molecule has 1 fully saturated rings. The molecule has 1 heteroatoms. The third kappa shape index (κ3) is 2.16. The van der Waals surface area contributed by atoms with Crippen LogP contribution < -0.4 is 5.32 Å². The van der Waals surface area contributed by atoms with Crippen LogP contribution in [-0.4, -0.2) is 6.54 Å². The van der Waals surface area contributed by atoms with Gasteiger partial charge in [-0.25, -0.2) is 0 Å². The fraction of sp³-hybridized carbons (Fsp3) is 0.538. The number of hydrogen-bond donors (Lipinski definition) is 1. The molecule has 2 unspecified atom stereocenters. The Balaban J connectivity index is 2.05. The molecule has 2 rings (SSSR count). The van der Waals surface area contributed by atoms with E-state index in [2.05, 4.69) is 43.4 Å². The second kappa shape index (κ2) is 4.14. The number of rotatable bonds is 1. The molecule has 0 aliphatic carbocycles. The van der Waals surface area contributed by atoms with Crippen molar-refractivity contribution in [2.75, 3.05) is 6.54 Å². The van der Waals surface area contributed by atoms with Crippen LogP contribution in [0.2, 0.25) is 0 Å². The van der Waals surface area contributed by atoms with Crippen molar-refractivity contribution in [3.8, 4) is 0 Å². The van der Waals surface area contributed by atoms with Crippen LogP contribution in [0.15, 0.2) is 24.3 Å². The van der Waals surface area contributed by atoms with Crippen molar-refractivity contribution in [3.63, 3.8) is 0 Å². The van der Waals surface area contributed by atoms with E-state index in [1.807, 2.05) is 0 Å². The molecule has 0 radical (unpaired) electrons. The van der Waals surface area contributed by atoms with Crippen LogP contribution >= 0.6 is 0 Å². The second-order valence-electron chi connectivity index (χ2n) is 4.55. The summed E-state index contributed by atoms with van der Waals surface area (Å²) in [5, 5.41) is 3.60. The van der Waals surface area contributed by atoms with E-state index in [1.54, 1.807) is 0 Å². The van der Waals surface area contributed by atoms with Crippen LogP contribution in [0.1, 0.15) is 36.9 Å². The lowest BCUT2D eigenvalue weighted by molar-refractivity contribution is 0.333. The lowest BCUT2D eigenvalue weighted by Crippen LogP contribution is -2.31. The molecule has 0 amide bonds. The third-order valence-corrected chi connectivity index (χ3v) is 3.14. The molecule has 1 saturated heterocycles. The van der Waals surface area contributed by atoms with Gasteiger partial charge in [-0.2, -0.15) is 0 Å². The minimum atomic E-state index is 0.590. The summed E-state index contributed by atoms with van der Waals surface area (Å²) in [6.07, 6.45) is 2.63. The molecule has 0 spiro atoms. The number of piperidine rings is 1. The molecule has 1 nitrogen and oxygen atoms in total. The first-order chi connectivity index (χ1) is 6.75. The fourth-order valence-corrected chi connectivity index (χ4v) is 2.08. The van der Waals surface area contributed by atoms with E-state index in [-0.39, 0.29) is 0 Å². The zero-order chi connectivity index (χ0) is 9.97. The highest BCUT2D eigenvalue weighted by molar-refractivity contribution is 5.24. The smallest absolute Gasteiger partial charge is 0.0320 e. The molecule has 76 valence electrons. The summed E-state index contributed by atoms with van der Waals surface area (Å²) < 4.78 is 0. The van der Waals surface area contributed by atoms with Crippen molar-refractivity contribution in [3.05, 3.63) is 35.4 Å². The molecular formula is C13H19N. The highest BCUT2D eigenvalue weighted by Gasteiger charge is 2.18. The van der Waals surface area contributed by atoms with E-state index in [0.717, 1.165) is 5.92 Å². The Hall–Kier alpha value is -0.820. The quantitative estimate of drug-likeness (QED) is 0.716. The highest BCUT2D eigenvalue weighted by Crippen LogP contribution is 2.25. The molecular weight excluding hydrogens is 170 g/mol. The second-order valence-corrected chi connectivity index (χ2v) is 4.55. The number of aryl methyl sites for hydroxylation is 1. The van der Waals surface area contributed by atoms with Gasteiger partial charge in [-0.15, -0.1) is 0 Å². The van der Waals surface area contributed by atoms with E-state index >= 15 is 0 Å². The van der Waals surface area contributed by atoms with Gasteiger partial charge in [0, 0.05) is 6.04 Å². The van der Waals surface area contributed by atoms with Crippen molar-refractivity contribution in [1.82, 2.24) is 5.32 Å². The Morgan fingerprint density at radius 1 is 1.14 bits per heavy atom. The van der Waals surface area contributed by atoms with Crippen molar-refractivity contribution in [2.45, 2.75) is 32.7 Å². The topological polar surface area (TPSA) is 12.0 Å². The Morgan fingerprint density at radius 3 is 2.43 bits per heavy atom. The van der Waals surface area contributed by atoms with Gasteiger partial charge in [-0.1, -0.05) is 36.8 Å². The van der Waals surface area contributed by atoms with Crippen LogP contribution in [0.4, 0.5) is 0 Å². The average molecular weight is 189 g/mol. The van der Waals surface area contributed by atoms with E-state index < -0.39 is 0 Å². The van der Waals surface area contributed by atoms with Crippen LogP contribution in [0.25, 0.3) is 0 Å². The van der Waals surface area contributed by atoms with Crippen molar-refractivity contribution in [1.29, 1.82) is 0 Å². The number of hydrogen-bond acceptors (Lipinski definition) is 1. The van der Waals surface area contributed by atoms with Gasteiger partial charge >= 0.3 is 0 Å². The van der Waals surface area contributed by atoms with Crippen LogP contribution in [0.5, 0.6) is 0 Å². The van der Waals surface area contributed by atoms with Crippen molar-refractivity contribution < 1.29 is 0 Å².